The van der Waals surface area contributed by atoms with Crippen LogP contribution in [-0.4, -0.2) is 36.1 Å². The first-order chi connectivity index (χ1) is 14.6. The molecular formula is C25H23N3O2. The van der Waals surface area contributed by atoms with Crippen molar-refractivity contribution in [1.82, 2.24) is 5.01 Å². The van der Waals surface area contributed by atoms with Gasteiger partial charge >= 0.3 is 0 Å². The number of imide groups is 1. The summed E-state index contributed by atoms with van der Waals surface area (Å²) in [5.74, 6) is -0.724. The summed E-state index contributed by atoms with van der Waals surface area (Å²) in [6.07, 6.45) is 3.50. The molecule has 0 atom stereocenters. The Morgan fingerprint density at radius 3 is 1.93 bits per heavy atom. The fourth-order valence-corrected chi connectivity index (χ4v) is 4.60. The highest BCUT2D eigenvalue weighted by molar-refractivity contribution is 6.26. The van der Waals surface area contributed by atoms with Gasteiger partial charge in [0, 0.05) is 24.2 Å². The third-order valence-corrected chi connectivity index (χ3v) is 6.19. The zero-order valence-electron chi connectivity index (χ0n) is 17.2. The van der Waals surface area contributed by atoms with Gasteiger partial charge in [-0.3, -0.25) is 9.59 Å². The van der Waals surface area contributed by atoms with E-state index in [-0.39, 0.29) is 11.8 Å². The van der Waals surface area contributed by atoms with Crippen molar-refractivity contribution in [1.29, 1.82) is 0 Å². The summed E-state index contributed by atoms with van der Waals surface area (Å²) in [7, 11) is 0. The van der Waals surface area contributed by atoms with E-state index in [1.807, 2.05) is 48.5 Å². The molecule has 1 aliphatic heterocycles. The van der Waals surface area contributed by atoms with Gasteiger partial charge in [0.25, 0.3) is 11.8 Å². The summed E-state index contributed by atoms with van der Waals surface area (Å²) in [5, 5.41) is 7.15. The normalized spacial score (nSPS) is 14.9. The van der Waals surface area contributed by atoms with Crippen LogP contribution in [0.2, 0.25) is 0 Å². The maximum atomic E-state index is 13.1. The van der Waals surface area contributed by atoms with Crippen LogP contribution in [0.4, 0.5) is 5.69 Å². The summed E-state index contributed by atoms with van der Waals surface area (Å²) in [4.78, 5) is 28.4. The fraction of sp³-hybridized carbons (Fsp3) is 0.240. The predicted octanol–water partition coefficient (Wildman–Crippen LogP) is 4.41. The molecule has 0 fully saturated rings. The van der Waals surface area contributed by atoms with Gasteiger partial charge in [0.1, 0.15) is 0 Å². The Morgan fingerprint density at radius 2 is 1.40 bits per heavy atom. The van der Waals surface area contributed by atoms with Gasteiger partial charge in [0.2, 0.25) is 0 Å². The third-order valence-electron chi connectivity index (χ3n) is 6.19. The molecular weight excluding hydrogens is 374 g/mol. The molecule has 30 heavy (non-hydrogen) atoms. The Balaban J connectivity index is 1.48. The second-order valence-corrected chi connectivity index (χ2v) is 7.72. The van der Waals surface area contributed by atoms with Crippen molar-refractivity contribution in [3.05, 3.63) is 76.3 Å². The van der Waals surface area contributed by atoms with Gasteiger partial charge in [0.15, 0.2) is 0 Å². The first-order valence-corrected chi connectivity index (χ1v) is 10.5. The Morgan fingerprint density at radius 1 is 0.833 bits per heavy atom. The lowest BCUT2D eigenvalue weighted by Gasteiger charge is -2.24. The molecule has 5 rings (SSSR count). The number of hydrogen-bond donors (Lipinski definition) is 0. The summed E-state index contributed by atoms with van der Waals surface area (Å²) < 4.78 is 0. The summed E-state index contributed by atoms with van der Waals surface area (Å²) in [6.45, 7) is 6.12. The minimum absolute atomic E-state index is 0.362. The molecule has 0 saturated carbocycles. The van der Waals surface area contributed by atoms with Gasteiger partial charge in [-0.05, 0) is 73.0 Å². The lowest BCUT2D eigenvalue weighted by molar-refractivity contribution is 0.0616. The highest BCUT2D eigenvalue weighted by Gasteiger charge is 2.34. The van der Waals surface area contributed by atoms with Crippen molar-refractivity contribution in [3.63, 3.8) is 0 Å². The minimum atomic E-state index is -0.362. The molecule has 3 aromatic carbocycles. The van der Waals surface area contributed by atoms with Crippen molar-refractivity contribution in [2.75, 3.05) is 18.0 Å². The van der Waals surface area contributed by atoms with Gasteiger partial charge in [-0.25, -0.2) is 0 Å². The molecule has 5 heteroatoms. The average molecular weight is 397 g/mol. The Hall–Kier alpha value is -3.47. The molecule has 0 N–H and O–H groups in total. The van der Waals surface area contributed by atoms with Gasteiger partial charge < -0.3 is 4.90 Å². The van der Waals surface area contributed by atoms with Crippen molar-refractivity contribution < 1.29 is 9.59 Å². The van der Waals surface area contributed by atoms with E-state index < -0.39 is 0 Å². The summed E-state index contributed by atoms with van der Waals surface area (Å²) in [6, 6.07) is 15.7. The van der Waals surface area contributed by atoms with E-state index in [2.05, 4.69) is 23.8 Å². The average Bonchev–Trinajstić information content (AvgIpc) is 3.20. The molecule has 0 spiro atoms. The van der Waals surface area contributed by atoms with Crippen LogP contribution in [0.15, 0.2) is 53.6 Å². The summed E-state index contributed by atoms with van der Waals surface area (Å²) >= 11 is 0. The van der Waals surface area contributed by atoms with Crippen molar-refractivity contribution in [3.8, 4) is 0 Å². The van der Waals surface area contributed by atoms with Crippen LogP contribution >= 0.6 is 0 Å². The van der Waals surface area contributed by atoms with Crippen LogP contribution in [-0.2, 0) is 12.8 Å². The Bertz CT molecular complexity index is 1150. The van der Waals surface area contributed by atoms with E-state index in [9.17, 15) is 9.59 Å². The van der Waals surface area contributed by atoms with Gasteiger partial charge in [-0.15, -0.1) is 0 Å². The number of nitrogens with zero attached hydrogens (tertiary/aromatic N) is 3. The second-order valence-electron chi connectivity index (χ2n) is 7.72. The molecule has 0 aromatic heterocycles. The number of carbonyl (C=O) groups excluding carboxylic acids is 2. The monoisotopic (exact) mass is 397 g/mol. The van der Waals surface area contributed by atoms with Crippen LogP contribution < -0.4 is 4.90 Å². The molecule has 0 radical (unpaired) electrons. The highest BCUT2D eigenvalue weighted by atomic mass is 16.2. The molecule has 5 nitrogen and oxygen atoms in total. The zero-order chi connectivity index (χ0) is 20.8. The van der Waals surface area contributed by atoms with E-state index in [0.29, 0.717) is 11.1 Å². The first-order valence-electron chi connectivity index (χ1n) is 10.5. The molecule has 0 unspecified atom stereocenters. The second kappa shape index (κ2) is 7.10. The molecule has 3 aromatic rings. The van der Waals surface area contributed by atoms with E-state index >= 15 is 0 Å². The third kappa shape index (κ3) is 2.73. The quantitative estimate of drug-likeness (QED) is 0.473. The van der Waals surface area contributed by atoms with Crippen LogP contribution in [0.1, 0.15) is 51.3 Å². The molecule has 0 saturated heterocycles. The number of amides is 2. The van der Waals surface area contributed by atoms with E-state index in [1.165, 1.54) is 11.1 Å². The van der Waals surface area contributed by atoms with Crippen LogP contribution in [0, 0.1) is 0 Å². The highest BCUT2D eigenvalue weighted by Crippen LogP contribution is 2.38. The predicted molar refractivity (Wildman–Crippen MR) is 119 cm³/mol. The van der Waals surface area contributed by atoms with Crippen molar-refractivity contribution >= 4 is 34.5 Å². The maximum Gasteiger partial charge on any atom is 0.282 e. The van der Waals surface area contributed by atoms with E-state index in [4.69, 9.17) is 0 Å². The Labute approximate surface area is 175 Å². The lowest BCUT2D eigenvalue weighted by Crippen LogP contribution is -2.36. The van der Waals surface area contributed by atoms with Crippen molar-refractivity contribution in [2.45, 2.75) is 26.7 Å². The van der Waals surface area contributed by atoms with Crippen LogP contribution in [0.5, 0.6) is 0 Å². The number of rotatable bonds is 5. The Kier molecular flexibility index (Phi) is 4.39. The standard InChI is InChI=1S/C25H23N3O2/c1-3-27(4-2)19-11-5-16(6-12-19)15-26-28-24(29)20-13-9-17-7-8-18-10-14-21(25(28)30)23(20)22(17)18/h5-6,9-15H,3-4,7-8H2,1-2H3/b26-15+. The van der Waals surface area contributed by atoms with Crippen LogP contribution in [0.3, 0.4) is 0 Å². The van der Waals surface area contributed by atoms with E-state index in [0.717, 1.165) is 53.0 Å². The van der Waals surface area contributed by atoms with Crippen LogP contribution in [0.25, 0.3) is 10.8 Å². The zero-order valence-corrected chi connectivity index (χ0v) is 17.2. The topological polar surface area (TPSA) is 53.0 Å². The molecule has 150 valence electrons. The number of carbonyl (C=O) groups is 2. The number of hydrogen-bond acceptors (Lipinski definition) is 4. The first kappa shape index (κ1) is 18.6. The molecule has 2 amide bonds. The molecule has 1 aliphatic carbocycles. The van der Waals surface area contributed by atoms with Gasteiger partial charge in [-0.2, -0.15) is 10.1 Å². The minimum Gasteiger partial charge on any atom is -0.372 e. The fourth-order valence-electron chi connectivity index (χ4n) is 4.60. The molecule has 2 aliphatic rings. The largest absolute Gasteiger partial charge is 0.372 e. The number of aryl methyl sites for hydroxylation is 2. The smallest absolute Gasteiger partial charge is 0.282 e. The number of benzene rings is 3. The molecule has 0 bridgehead atoms. The number of anilines is 1. The molecule has 1 heterocycles. The lowest BCUT2D eigenvalue weighted by atomic mass is 9.92. The van der Waals surface area contributed by atoms with E-state index in [1.54, 1.807) is 6.21 Å². The SMILES string of the molecule is CCN(CC)c1ccc(/C=N/N2C(=O)c3ccc4c5c(ccc(c35)C2=O)CC4)cc1. The van der Waals surface area contributed by atoms with Gasteiger partial charge in [0.05, 0.1) is 17.3 Å². The maximum absolute atomic E-state index is 13.1. The summed E-state index contributed by atoms with van der Waals surface area (Å²) in [5.41, 5.74) is 5.53. The number of hydrazone groups is 1. The van der Waals surface area contributed by atoms with Gasteiger partial charge in [-0.1, -0.05) is 24.3 Å². The van der Waals surface area contributed by atoms with Crippen molar-refractivity contribution in [2.24, 2.45) is 5.10 Å².